The number of nitrogens with one attached hydrogen (secondary N) is 2. The van der Waals surface area contributed by atoms with Crippen molar-refractivity contribution in [2.75, 3.05) is 6.54 Å². The molecule has 0 saturated heterocycles. The van der Waals surface area contributed by atoms with Gasteiger partial charge in [-0.2, -0.15) is 0 Å². The molecule has 22 heavy (non-hydrogen) atoms. The summed E-state index contributed by atoms with van der Waals surface area (Å²) in [7, 11) is 0. The van der Waals surface area contributed by atoms with E-state index in [4.69, 9.17) is 16.0 Å². The molecular formula is C17H15ClN2O2. The van der Waals surface area contributed by atoms with Gasteiger partial charge in [-0.15, -0.1) is 0 Å². The van der Waals surface area contributed by atoms with Crippen molar-refractivity contribution in [1.29, 1.82) is 0 Å². The topological polar surface area (TPSA) is 58.0 Å². The number of H-pyrrole nitrogens is 1. The van der Waals surface area contributed by atoms with E-state index in [1.54, 1.807) is 24.5 Å². The third-order valence-corrected chi connectivity index (χ3v) is 3.60. The van der Waals surface area contributed by atoms with Crippen LogP contribution in [0.15, 0.2) is 53.3 Å². The number of hydrogen-bond donors (Lipinski definition) is 2. The first kappa shape index (κ1) is 14.5. The van der Waals surface area contributed by atoms with Crippen LogP contribution in [0, 0.1) is 0 Å². The molecule has 0 radical (unpaired) electrons. The minimum Gasteiger partial charge on any atom is -0.465 e. The average Bonchev–Trinajstić information content (AvgIpc) is 3.15. The zero-order valence-corrected chi connectivity index (χ0v) is 12.6. The maximum Gasteiger partial charge on any atom is 0.244 e. The molecule has 112 valence electrons. The van der Waals surface area contributed by atoms with Crippen LogP contribution in [0.3, 0.4) is 0 Å². The van der Waals surface area contributed by atoms with Gasteiger partial charge in [0.1, 0.15) is 5.76 Å². The minimum atomic E-state index is -0.144. The molecule has 3 rings (SSSR count). The Morgan fingerprint density at radius 1 is 1.36 bits per heavy atom. The first-order chi connectivity index (χ1) is 10.7. The van der Waals surface area contributed by atoms with E-state index in [2.05, 4.69) is 10.3 Å². The highest BCUT2D eigenvalue weighted by atomic mass is 35.5. The van der Waals surface area contributed by atoms with E-state index < -0.39 is 0 Å². The van der Waals surface area contributed by atoms with Crippen LogP contribution in [0.5, 0.6) is 0 Å². The normalized spacial score (nSPS) is 11.3. The zero-order chi connectivity index (χ0) is 15.4. The molecule has 0 spiro atoms. The molecule has 0 aliphatic heterocycles. The van der Waals surface area contributed by atoms with E-state index in [0.29, 0.717) is 17.3 Å². The van der Waals surface area contributed by atoms with Crippen LogP contribution in [0.25, 0.3) is 17.0 Å². The summed E-state index contributed by atoms with van der Waals surface area (Å²) in [6.45, 7) is 0.556. The largest absolute Gasteiger partial charge is 0.465 e. The van der Waals surface area contributed by atoms with Crippen LogP contribution in [0.1, 0.15) is 11.3 Å². The Morgan fingerprint density at radius 2 is 2.27 bits per heavy atom. The summed E-state index contributed by atoms with van der Waals surface area (Å²) in [5, 5.41) is 4.65. The van der Waals surface area contributed by atoms with Gasteiger partial charge in [-0.05, 0) is 48.4 Å². The lowest BCUT2D eigenvalue weighted by Crippen LogP contribution is -2.23. The van der Waals surface area contributed by atoms with Crippen LogP contribution in [0.4, 0.5) is 0 Å². The van der Waals surface area contributed by atoms with Crippen LogP contribution >= 0.6 is 11.6 Å². The monoisotopic (exact) mass is 314 g/mol. The molecule has 3 aromatic rings. The molecule has 0 bridgehead atoms. The summed E-state index contributed by atoms with van der Waals surface area (Å²) in [6.07, 6.45) is 7.36. The van der Waals surface area contributed by atoms with Crippen molar-refractivity contribution in [1.82, 2.24) is 10.3 Å². The number of aromatic nitrogens is 1. The minimum absolute atomic E-state index is 0.144. The predicted octanol–water partition coefficient (Wildman–Crippen LogP) is 3.79. The van der Waals surface area contributed by atoms with E-state index in [-0.39, 0.29) is 5.91 Å². The third kappa shape index (κ3) is 3.40. The number of amides is 1. The van der Waals surface area contributed by atoms with E-state index >= 15 is 0 Å². The summed E-state index contributed by atoms with van der Waals surface area (Å²) >= 11 is 6.02. The second-order valence-corrected chi connectivity index (χ2v) is 5.33. The summed E-state index contributed by atoms with van der Waals surface area (Å²) in [4.78, 5) is 14.9. The quantitative estimate of drug-likeness (QED) is 0.704. The van der Waals surface area contributed by atoms with Crippen LogP contribution in [-0.4, -0.2) is 17.4 Å². The Kier molecular flexibility index (Phi) is 4.30. The van der Waals surface area contributed by atoms with Gasteiger partial charge in [-0.25, -0.2) is 0 Å². The highest BCUT2D eigenvalue weighted by molar-refractivity contribution is 6.31. The lowest BCUT2D eigenvalue weighted by Gasteiger charge is -2.02. The number of halogens is 1. The van der Waals surface area contributed by atoms with Crippen molar-refractivity contribution >= 4 is 34.5 Å². The van der Waals surface area contributed by atoms with Crippen molar-refractivity contribution in [2.45, 2.75) is 6.42 Å². The molecule has 0 aliphatic rings. The maximum absolute atomic E-state index is 11.7. The number of carbonyl (C=O) groups excluding carboxylic acids is 1. The highest BCUT2D eigenvalue weighted by Crippen LogP contribution is 2.22. The van der Waals surface area contributed by atoms with Crippen molar-refractivity contribution in [2.24, 2.45) is 0 Å². The Hall–Kier alpha value is -2.46. The van der Waals surface area contributed by atoms with Gasteiger partial charge in [0.05, 0.1) is 6.26 Å². The summed E-state index contributed by atoms with van der Waals surface area (Å²) in [5.74, 6) is 0.510. The Bertz CT molecular complexity index is 803. The molecule has 2 aromatic heterocycles. The van der Waals surface area contributed by atoms with E-state index in [0.717, 1.165) is 22.9 Å². The lowest BCUT2D eigenvalue weighted by atomic mass is 10.1. The smallest absolute Gasteiger partial charge is 0.244 e. The summed E-state index contributed by atoms with van der Waals surface area (Å²) in [6, 6.07) is 9.30. The van der Waals surface area contributed by atoms with Gasteiger partial charge in [-0.1, -0.05) is 11.6 Å². The van der Waals surface area contributed by atoms with E-state index in [9.17, 15) is 4.79 Å². The van der Waals surface area contributed by atoms with Gasteiger partial charge in [0.25, 0.3) is 0 Å². The average molecular weight is 315 g/mol. The first-order valence-electron chi connectivity index (χ1n) is 6.97. The molecule has 2 N–H and O–H groups in total. The lowest BCUT2D eigenvalue weighted by molar-refractivity contribution is -0.116. The molecule has 0 unspecified atom stereocenters. The molecule has 0 atom stereocenters. The fourth-order valence-corrected chi connectivity index (χ4v) is 2.45. The fraction of sp³-hybridized carbons (Fsp3) is 0.118. The van der Waals surface area contributed by atoms with Gasteiger partial charge in [0.15, 0.2) is 0 Å². The molecule has 4 nitrogen and oxygen atoms in total. The standard InChI is InChI=1S/C17H15ClN2O2/c18-13-3-5-16-15(10-13)12(11-20-16)7-8-19-17(21)6-4-14-2-1-9-22-14/h1-6,9-11,20H,7-8H2,(H,19,21)/b6-4+. The molecule has 1 amide bonds. The van der Waals surface area contributed by atoms with Crippen LogP contribution in [-0.2, 0) is 11.2 Å². The predicted molar refractivity (Wildman–Crippen MR) is 87.8 cm³/mol. The van der Waals surface area contributed by atoms with Gasteiger partial charge in [0, 0.05) is 34.7 Å². The number of benzene rings is 1. The molecule has 5 heteroatoms. The third-order valence-electron chi connectivity index (χ3n) is 3.37. The zero-order valence-electron chi connectivity index (χ0n) is 11.8. The Labute approximate surface area is 132 Å². The molecular weight excluding hydrogens is 300 g/mol. The molecule has 1 aromatic carbocycles. The number of carbonyl (C=O) groups is 1. The Balaban J connectivity index is 1.56. The van der Waals surface area contributed by atoms with Crippen LogP contribution in [0.2, 0.25) is 5.02 Å². The van der Waals surface area contributed by atoms with Gasteiger partial charge < -0.3 is 14.7 Å². The Morgan fingerprint density at radius 3 is 3.09 bits per heavy atom. The molecule has 0 saturated carbocycles. The fourth-order valence-electron chi connectivity index (χ4n) is 2.28. The number of rotatable bonds is 5. The van der Waals surface area contributed by atoms with Crippen molar-refractivity contribution in [3.8, 4) is 0 Å². The van der Waals surface area contributed by atoms with E-state index in [1.807, 2.05) is 24.4 Å². The van der Waals surface area contributed by atoms with Crippen molar-refractivity contribution in [3.05, 3.63) is 65.2 Å². The molecule has 0 aliphatic carbocycles. The van der Waals surface area contributed by atoms with Gasteiger partial charge >= 0.3 is 0 Å². The van der Waals surface area contributed by atoms with Crippen LogP contribution < -0.4 is 5.32 Å². The molecule has 2 heterocycles. The van der Waals surface area contributed by atoms with Gasteiger partial charge in [0.2, 0.25) is 5.91 Å². The van der Waals surface area contributed by atoms with E-state index in [1.165, 1.54) is 6.08 Å². The number of hydrogen-bond acceptors (Lipinski definition) is 2. The molecule has 0 fully saturated rings. The van der Waals surface area contributed by atoms with Crippen molar-refractivity contribution < 1.29 is 9.21 Å². The highest BCUT2D eigenvalue weighted by Gasteiger charge is 2.04. The first-order valence-corrected chi connectivity index (χ1v) is 7.35. The second-order valence-electron chi connectivity index (χ2n) is 4.89. The second kappa shape index (κ2) is 6.54. The van der Waals surface area contributed by atoms with Crippen molar-refractivity contribution in [3.63, 3.8) is 0 Å². The van der Waals surface area contributed by atoms with Gasteiger partial charge in [-0.3, -0.25) is 4.79 Å². The maximum atomic E-state index is 11.7. The number of furan rings is 1. The summed E-state index contributed by atoms with van der Waals surface area (Å²) < 4.78 is 5.12. The SMILES string of the molecule is O=C(/C=C/c1ccco1)NCCc1c[nH]c2ccc(Cl)cc12. The summed E-state index contributed by atoms with van der Waals surface area (Å²) in [5.41, 5.74) is 2.18. The number of fused-ring (bicyclic) bond motifs is 1. The number of aromatic amines is 1.